The van der Waals surface area contributed by atoms with E-state index in [4.69, 9.17) is 0 Å². The Morgan fingerprint density at radius 1 is 0.703 bits per heavy atom. The first-order valence-corrected chi connectivity index (χ1v) is 15.2. The van der Waals surface area contributed by atoms with Crippen LogP contribution in [-0.4, -0.2) is 13.0 Å². The normalized spacial score (nSPS) is 12.1. The van der Waals surface area contributed by atoms with Crippen molar-refractivity contribution in [1.82, 2.24) is 4.57 Å². The average Bonchev–Trinajstić information content (AvgIpc) is 3.16. The molecule has 188 valence electrons. The maximum absolute atomic E-state index is 15.7. The van der Waals surface area contributed by atoms with Crippen molar-refractivity contribution in [2.24, 2.45) is 7.05 Å². The number of aromatic nitrogens is 1. The summed E-state index contributed by atoms with van der Waals surface area (Å²) in [5.74, 6) is 0.302. The number of aryl methyl sites for hydroxylation is 4. The summed E-state index contributed by atoms with van der Waals surface area (Å²) >= 11 is 0. The predicted octanol–water partition coefficient (Wildman–Crippen LogP) is 5.54. The molecule has 0 unspecified atom stereocenters. The summed E-state index contributed by atoms with van der Waals surface area (Å²) in [5.41, 5.74) is 3.53. The van der Waals surface area contributed by atoms with Gasteiger partial charge in [0.2, 0.25) is 0 Å². The summed E-state index contributed by atoms with van der Waals surface area (Å²) in [5, 5.41) is 2.62. The summed E-state index contributed by atoms with van der Waals surface area (Å²) in [6.07, 6.45) is 0. The monoisotopic (exact) mass is 528 g/mol. The molecule has 0 aliphatic carbocycles. The average molecular weight is 529 g/mol. The van der Waals surface area contributed by atoms with E-state index in [1.807, 2.05) is 93.6 Å². The number of rotatable bonds is 6. The standard InChI is InChI=1S/C30H29N2O3PS/c1-21-17-19-24(20-18-21)37(34,35)31-30-29(25-13-7-8-14-26(25)32(30)4)36(33,27-15-9-5-11-22(27)2)28-16-10-6-12-23(28)3/h5-20,31H,1-4H3. The quantitative estimate of drug-likeness (QED) is 0.294. The molecule has 37 heavy (non-hydrogen) atoms. The van der Waals surface area contributed by atoms with Crippen LogP contribution in [0.4, 0.5) is 5.82 Å². The van der Waals surface area contributed by atoms with Crippen molar-refractivity contribution in [2.75, 3.05) is 4.72 Å². The zero-order valence-electron chi connectivity index (χ0n) is 21.3. The van der Waals surface area contributed by atoms with Gasteiger partial charge >= 0.3 is 0 Å². The van der Waals surface area contributed by atoms with Crippen LogP contribution in [0.15, 0.2) is 102 Å². The molecule has 4 aromatic carbocycles. The number of hydrogen-bond donors (Lipinski definition) is 1. The summed E-state index contributed by atoms with van der Waals surface area (Å²) < 4.78 is 47.6. The van der Waals surface area contributed by atoms with Gasteiger partial charge in [-0.05, 0) is 50.1 Å². The molecule has 0 radical (unpaired) electrons. The van der Waals surface area contributed by atoms with Gasteiger partial charge in [0.05, 0.1) is 15.7 Å². The van der Waals surface area contributed by atoms with E-state index in [0.717, 1.165) is 27.6 Å². The molecule has 1 N–H and O–H groups in total. The second-order valence-electron chi connectivity index (χ2n) is 9.37. The van der Waals surface area contributed by atoms with Crippen molar-refractivity contribution in [3.63, 3.8) is 0 Å². The highest BCUT2D eigenvalue weighted by molar-refractivity contribution is 7.93. The molecule has 0 aliphatic heterocycles. The Kier molecular flexibility index (Phi) is 6.35. The van der Waals surface area contributed by atoms with Crippen molar-refractivity contribution in [3.8, 4) is 0 Å². The van der Waals surface area contributed by atoms with Gasteiger partial charge in [0.1, 0.15) is 5.82 Å². The molecule has 0 saturated heterocycles. The largest absolute Gasteiger partial charge is 0.329 e. The van der Waals surface area contributed by atoms with Gasteiger partial charge < -0.3 is 9.13 Å². The fraction of sp³-hybridized carbons (Fsp3) is 0.133. The number of benzene rings is 4. The van der Waals surface area contributed by atoms with Crippen LogP contribution in [-0.2, 0) is 21.6 Å². The van der Waals surface area contributed by atoms with Gasteiger partial charge in [-0.15, -0.1) is 0 Å². The first kappa shape index (κ1) is 25.1. The molecule has 0 aliphatic rings. The smallest absolute Gasteiger partial charge is 0.263 e. The SMILES string of the molecule is Cc1ccc(S(=O)(=O)Nc2c(P(=O)(c3ccccc3C)c3ccccc3C)c3ccccc3n2C)cc1. The fourth-order valence-electron chi connectivity index (χ4n) is 4.92. The Bertz CT molecular complexity index is 1740. The van der Waals surface area contributed by atoms with E-state index in [9.17, 15) is 8.42 Å². The molecule has 1 aromatic heterocycles. The van der Waals surface area contributed by atoms with Crippen LogP contribution in [0.3, 0.4) is 0 Å². The van der Waals surface area contributed by atoms with E-state index in [2.05, 4.69) is 4.72 Å². The molecule has 0 spiro atoms. The highest BCUT2D eigenvalue weighted by Gasteiger charge is 2.39. The van der Waals surface area contributed by atoms with E-state index < -0.39 is 17.2 Å². The van der Waals surface area contributed by atoms with Crippen molar-refractivity contribution in [1.29, 1.82) is 0 Å². The van der Waals surface area contributed by atoms with Crippen LogP contribution in [0.1, 0.15) is 16.7 Å². The van der Waals surface area contributed by atoms with Crippen LogP contribution in [0.5, 0.6) is 0 Å². The van der Waals surface area contributed by atoms with Gasteiger partial charge in [0.25, 0.3) is 10.0 Å². The third-order valence-electron chi connectivity index (χ3n) is 6.87. The molecule has 0 saturated carbocycles. The molecule has 5 rings (SSSR count). The maximum Gasteiger partial charge on any atom is 0.263 e. The highest BCUT2D eigenvalue weighted by Crippen LogP contribution is 2.49. The molecule has 0 atom stereocenters. The summed E-state index contributed by atoms with van der Waals surface area (Å²) in [7, 11) is -5.70. The van der Waals surface area contributed by atoms with E-state index >= 15 is 4.57 Å². The predicted molar refractivity (Wildman–Crippen MR) is 154 cm³/mol. The van der Waals surface area contributed by atoms with Crippen LogP contribution < -0.4 is 20.6 Å². The van der Waals surface area contributed by atoms with Crippen molar-refractivity contribution in [2.45, 2.75) is 25.7 Å². The molecule has 0 fully saturated rings. The number of anilines is 1. The van der Waals surface area contributed by atoms with Crippen molar-refractivity contribution < 1.29 is 13.0 Å². The van der Waals surface area contributed by atoms with Gasteiger partial charge in [0.15, 0.2) is 7.14 Å². The number of para-hydroxylation sites is 1. The minimum atomic E-state index is -3.96. The number of nitrogens with one attached hydrogen (secondary N) is 1. The lowest BCUT2D eigenvalue weighted by Crippen LogP contribution is -2.30. The topological polar surface area (TPSA) is 68.2 Å². The van der Waals surface area contributed by atoms with Crippen LogP contribution in [0.2, 0.25) is 0 Å². The second kappa shape index (κ2) is 9.37. The van der Waals surface area contributed by atoms with E-state index in [1.54, 1.807) is 35.9 Å². The first-order chi connectivity index (χ1) is 17.6. The molecule has 0 amide bonds. The van der Waals surface area contributed by atoms with Crippen molar-refractivity contribution in [3.05, 3.63) is 114 Å². The molecule has 0 bridgehead atoms. The molecule has 7 heteroatoms. The van der Waals surface area contributed by atoms with Gasteiger partial charge in [-0.3, -0.25) is 4.72 Å². The number of sulfonamides is 1. The van der Waals surface area contributed by atoms with Gasteiger partial charge in [-0.1, -0.05) is 84.4 Å². The number of fused-ring (bicyclic) bond motifs is 1. The lowest BCUT2D eigenvalue weighted by atomic mass is 10.2. The molecular formula is C30H29N2O3PS. The Morgan fingerprint density at radius 2 is 1.22 bits per heavy atom. The third kappa shape index (κ3) is 4.20. The molecule has 1 heterocycles. The lowest BCUT2D eigenvalue weighted by Gasteiger charge is -2.24. The van der Waals surface area contributed by atoms with Crippen LogP contribution in [0.25, 0.3) is 10.9 Å². The Balaban J connectivity index is 1.88. The first-order valence-electron chi connectivity index (χ1n) is 12.0. The van der Waals surface area contributed by atoms with Crippen LogP contribution in [0, 0.1) is 20.8 Å². The van der Waals surface area contributed by atoms with Gasteiger partial charge in [-0.25, -0.2) is 8.42 Å². The van der Waals surface area contributed by atoms with E-state index in [1.165, 1.54) is 0 Å². The summed E-state index contributed by atoms with van der Waals surface area (Å²) in [4.78, 5) is 0.149. The fourth-order valence-corrected chi connectivity index (χ4v) is 9.61. The Morgan fingerprint density at radius 3 is 1.78 bits per heavy atom. The van der Waals surface area contributed by atoms with Crippen molar-refractivity contribution >= 4 is 49.8 Å². The number of hydrogen-bond acceptors (Lipinski definition) is 3. The highest BCUT2D eigenvalue weighted by atomic mass is 32.2. The Hall–Kier alpha value is -3.60. The van der Waals surface area contributed by atoms with Gasteiger partial charge in [0, 0.05) is 23.0 Å². The Labute approximate surface area is 218 Å². The molecule has 5 aromatic rings. The van der Waals surface area contributed by atoms with E-state index in [-0.39, 0.29) is 4.90 Å². The molecular weight excluding hydrogens is 499 g/mol. The zero-order valence-corrected chi connectivity index (χ0v) is 23.0. The second-order valence-corrected chi connectivity index (χ2v) is 13.7. The molecule has 5 nitrogen and oxygen atoms in total. The third-order valence-corrected chi connectivity index (χ3v) is 11.7. The van der Waals surface area contributed by atoms with E-state index in [0.29, 0.717) is 21.7 Å². The zero-order chi connectivity index (χ0) is 26.4. The van der Waals surface area contributed by atoms with Crippen LogP contribution >= 0.6 is 7.14 Å². The summed E-state index contributed by atoms with van der Waals surface area (Å²) in [6, 6.07) is 29.6. The summed E-state index contributed by atoms with van der Waals surface area (Å²) in [6.45, 7) is 5.80. The lowest BCUT2D eigenvalue weighted by molar-refractivity contribution is 0.592. The minimum Gasteiger partial charge on any atom is -0.329 e. The number of nitrogens with zero attached hydrogens (tertiary/aromatic N) is 1. The maximum atomic E-state index is 15.7. The van der Waals surface area contributed by atoms with Gasteiger partial charge in [-0.2, -0.15) is 0 Å². The minimum absolute atomic E-state index is 0.149.